The van der Waals surface area contributed by atoms with E-state index in [0.29, 0.717) is 0 Å². The average molecular weight is 192 g/mol. The van der Waals surface area contributed by atoms with Crippen LogP contribution < -0.4 is 108 Å². The maximum Gasteiger partial charge on any atom is 1.00 e. The van der Waals surface area contributed by atoms with Crippen LogP contribution in [-0.2, 0) is 4.57 Å². The van der Waals surface area contributed by atoms with Crippen LogP contribution in [0.4, 0.5) is 0 Å². The minimum atomic E-state index is -4.89. The summed E-state index contributed by atoms with van der Waals surface area (Å²) in [6.45, 7) is 0. The fraction of sp³-hybridized carbons (Fsp3) is 0. The first kappa shape index (κ1) is 22.5. The molecule has 0 aromatic heterocycles. The molecule has 0 aliphatic heterocycles. The maximum absolute atomic E-state index is 8.77. The summed E-state index contributed by atoms with van der Waals surface area (Å²) in [5.41, 5.74) is 0. The molecule has 0 saturated carbocycles. The third-order valence-corrected chi connectivity index (χ3v) is 0. The van der Waals surface area contributed by atoms with Gasteiger partial charge < -0.3 is 20.2 Å². The molecule has 0 saturated heterocycles. The molecular weight excluding hydrogens is 189 g/mol. The van der Waals surface area contributed by atoms with Gasteiger partial charge in [-0.05, 0) is 0 Å². The zero-order valence-electron chi connectivity index (χ0n) is 4.61. The van der Waals surface area contributed by atoms with Crippen molar-refractivity contribution in [2.45, 2.75) is 0 Å². The van der Waals surface area contributed by atoms with Crippen LogP contribution >= 0.6 is 7.82 Å². The van der Waals surface area contributed by atoms with Crippen molar-refractivity contribution < 1.29 is 127 Å². The van der Waals surface area contributed by atoms with Gasteiger partial charge >= 0.3 is 103 Å². The van der Waals surface area contributed by atoms with Gasteiger partial charge in [0.05, 0.1) is 0 Å². The minimum Gasteiger partial charge on any atom is -0.870 e. The fourth-order valence-electron chi connectivity index (χ4n) is 0. The van der Waals surface area contributed by atoms with Gasteiger partial charge in [0, 0.05) is 0 Å². The van der Waals surface area contributed by atoms with Gasteiger partial charge in [0.25, 0.3) is 7.82 Å². The van der Waals surface area contributed by atoms with E-state index in [9.17, 15) is 0 Å². The number of hydrogen-bond donors (Lipinski definition) is 2. The van der Waals surface area contributed by atoms with E-state index < -0.39 is 7.82 Å². The summed E-state index contributed by atoms with van der Waals surface area (Å²) in [7, 11) is -4.89. The summed E-state index contributed by atoms with van der Waals surface area (Å²) in [5.74, 6) is 0. The molecule has 0 aliphatic rings. The zero-order chi connectivity index (χ0) is 4.50. The third kappa shape index (κ3) is 58.2. The quantitative estimate of drug-likeness (QED) is 0.292. The number of rotatable bonds is 0. The van der Waals surface area contributed by atoms with Gasteiger partial charge in [-0.3, -0.25) is 4.57 Å². The summed E-state index contributed by atoms with van der Waals surface area (Å²) >= 11 is 0. The number of hydrogen-bond acceptors (Lipinski definition) is 3. The van der Waals surface area contributed by atoms with E-state index in [0.717, 1.165) is 0 Å². The van der Waals surface area contributed by atoms with Crippen LogP contribution in [0.1, 0.15) is 0 Å². The molecule has 0 amide bonds. The van der Waals surface area contributed by atoms with Crippen molar-refractivity contribution in [1.82, 2.24) is 0 Å². The second-order valence-electron chi connectivity index (χ2n) is 0.491. The molecule has 0 bridgehead atoms. The monoisotopic (exact) mass is 192 g/mol. The van der Waals surface area contributed by atoms with Gasteiger partial charge in [-0.15, -0.1) is 0 Å². The molecule has 3 N–H and O–H groups in total. The molecule has 40 valence electrons. The van der Waals surface area contributed by atoms with Crippen LogP contribution in [-0.4, -0.2) is 15.3 Å². The van der Waals surface area contributed by atoms with Crippen LogP contribution in [0.5, 0.6) is 0 Å². The van der Waals surface area contributed by atoms with Crippen LogP contribution in [0.3, 0.4) is 0 Å². The summed E-state index contributed by atoms with van der Waals surface area (Å²) in [4.78, 5) is 22.9. The largest absolute Gasteiger partial charge is 1.00 e. The molecule has 0 radical (unpaired) electrons. The fourth-order valence-corrected chi connectivity index (χ4v) is 0. The third-order valence-electron chi connectivity index (χ3n) is 0. The summed E-state index contributed by atoms with van der Waals surface area (Å²) in [5, 5.41) is 0. The van der Waals surface area contributed by atoms with Crippen molar-refractivity contribution in [3.05, 3.63) is 0 Å². The van der Waals surface area contributed by atoms with Crippen molar-refractivity contribution >= 4 is 7.82 Å². The van der Waals surface area contributed by atoms with Crippen molar-refractivity contribution in [1.29, 1.82) is 0 Å². The molecule has 0 aromatic carbocycles. The smallest absolute Gasteiger partial charge is 0.870 e. The molecule has 0 unspecified atom stereocenters. The Bertz CT molecular complexity index is 56.6. The predicted octanol–water partition coefficient (Wildman–Crippen LogP) is -7.73. The van der Waals surface area contributed by atoms with Gasteiger partial charge in [-0.2, -0.15) is 0 Å². The normalized spacial score (nSPS) is 7.38. The van der Waals surface area contributed by atoms with Crippen LogP contribution in [0.2, 0.25) is 0 Å². The van der Waals surface area contributed by atoms with E-state index >= 15 is 0 Å². The van der Waals surface area contributed by atoms with Crippen molar-refractivity contribution in [2.24, 2.45) is 0 Å². The van der Waals surface area contributed by atoms with E-state index in [1.807, 2.05) is 0 Å². The molecule has 0 heterocycles. The van der Waals surface area contributed by atoms with E-state index in [1.165, 1.54) is 0 Å². The Morgan fingerprint density at radius 1 is 1.25 bits per heavy atom. The summed E-state index contributed by atoms with van der Waals surface area (Å²) < 4.78 is 8.77. The first-order valence-corrected chi connectivity index (χ1v) is 2.30. The van der Waals surface area contributed by atoms with E-state index in [2.05, 4.69) is 0 Å². The summed E-state index contributed by atoms with van der Waals surface area (Å²) in [6, 6.07) is 0. The number of phosphoric acid groups is 1. The van der Waals surface area contributed by atoms with Gasteiger partial charge in [0.15, 0.2) is 0 Å². The van der Waals surface area contributed by atoms with Gasteiger partial charge in [0.1, 0.15) is 0 Å². The molecule has 8 heteroatoms. The second kappa shape index (κ2) is 10.3. The Labute approximate surface area is 132 Å². The first-order valence-electron chi connectivity index (χ1n) is 0.765. The van der Waals surface area contributed by atoms with E-state index in [-0.39, 0.29) is 108 Å². The Balaban J connectivity index is -0.0000000267. The molecule has 5 nitrogen and oxygen atoms in total. The second-order valence-corrected chi connectivity index (χ2v) is 1.47. The molecular formula is H3K2O5P. The predicted molar refractivity (Wildman–Crippen MR) is 14.0 cm³/mol. The molecule has 0 aromatic rings. The molecule has 0 rings (SSSR count). The Hall–Kier alpha value is 3.34. The Morgan fingerprint density at radius 3 is 1.25 bits per heavy atom. The molecule has 0 aliphatic carbocycles. The molecule has 0 atom stereocenters. The minimum absolute atomic E-state index is 0. The van der Waals surface area contributed by atoms with Crippen molar-refractivity contribution in [2.75, 3.05) is 0 Å². The van der Waals surface area contributed by atoms with Gasteiger partial charge in [0.2, 0.25) is 0 Å². The molecule has 0 spiro atoms. The van der Waals surface area contributed by atoms with Crippen LogP contribution in [0, 0.1) is 0 Å². The van der Waals surface area contributed by atoms with Gasteiger partial charge in [-0.1, -0.05) is 0 Å². The SMILES string of the molecule is O=P([O-])(O)O.[K+].[K+].[OH-]. The Kier molecular flexibility index (Phi) is 29.1. The van der Waals surface area contributed by atoms with Crippen molar-refractivity contribution in [3.63, 3.8) is 0 Å². The standard InChI is InChI=1S/2K.H3O4P.H2O/c;;1-5(2,3)4;/h;;(H3,1,2,3,4);1H2/q2*+1;;/p-2. The summed E-state index contributed by atoms with van der Waals surface area (Å²) in [6.07, 6.45) is 0. The zero-order valence-corrected chi connectivity index (χ0v) is 11.7. The van der Waals surface area contributed by atoms with Crippen LogP contribution in [0.25, 0.3) is 0 Å². The van der Waals surface area contributed by atoms with Crippen LogP contribution in [0.15, 0.2) is 0 Å². The van der Waals surface area contributed by atoms with E-state index in [1.54, 1.807) is 0 Å². The first-order chi connectivity index (χ1) is 2.00. The maximum atomic E-state index is 8.77. The van der Waals surface area contributed by atoms with E-state index in [4.69, 9.17) is 19.2 Å². The Morgan fingerprint density at radius 2 is 1.25 bits per heavy atom. The van der Waals surface area contributed by atoms with Gasteiger partial charge in [-0.25, -0.2) is 0 Å². The van der Waals surface area contributed by atoms with Crippen molar-refractivity contribution in [3.8, 4) is 0 Å². The molecule has 8 heavy (non-hydrogen) atoms. The topological polar surface area (TPSA) is 111 Å². The molecule has 0 fully saturated rings. The average Bonchev–Trinajstić information content (AvgIpc) is 0.722.